The molecule has 160 valence electrons. The minimum atomic E-state index is -1.52. The summed E-state index contributed by atoms with van der Waals surface area (Å²) >= 11 is 0. The fourth-order valence-corrected chi connectivity index (χ4v) is 1.94. The van der Waals surface area contributed by atoms with Crippen molar-refractivity contribution in [1.82, 2.24) is 16.0 Å². The van der Waals surface area contributed by atoms with Gasteiger partial charge in [-0.2, -0.15) is 0 Å². The first kappa shape index (κ1) is 25.2. The molecule has 0 bridgehead atoms. The highest BCUT2D eigenvalue weighted by molar-refractivity contribution is 5.94. The highest BCUT2D eigenvalue weighted by Crippen LogP contribution is 2.02. The van der Waals surface area contributed by atoms with Gasteiger partial charge in [0.1, 0.15) is 24.2 Å². The molecule has 0 aromatic rings. The van der Waals surface area contributed by atoms with Gasteiger partial charge in [-0.3, -0.25) is 24.0 Å². The van der Waals surface area contributed by atoms with Crippen molar-refractivity contribution >= 4 is 29.6 Å². The van der Waals surface area contributed by atoms with Crippen LogP contribution in [0.3, 0.4) is 0 Å². The molecule has 4 amide bonds. The van der Waals surface area contributed by atoms with Gasteiger partial charge in [-0.25, -0.2) is 0 Å². The lowest BCUT2D eigenvalue weighted by molar-refractivity contribution is -0.142. The van der Waals surface area contributed by atoms with Gasteiger partial charge >= 0.3 is 5.97 Å². The molecule has 0 spiro atoms. The van der Waals surface area contributed by atoms with Gasteiger partial charge in [0.05, 0.1) is 12.7 Å². The summed E-state index contributed by atoms with van der Waals surface area (Å²) in [5.74, 6) is -4.87. The summed E-state index contributed by atoms with van der Waals surface area (Å²) in [5.41, 5.74) is 10.4. The number of hydrogen-bond acceptors (Lipinski definition) is 8. The smallest absolute Gasteiger partial charge is 0.325 e. The van der Waals surface area contributed by atoms with Crippen LogP contribution in [0.15, 0.2) is 0 Å². The molecular weight excluding hydrogens is 378 g/mol. The maximum atomic E-state index is 12.4. The molecule has 0 saturated carbocycles. The van der Waals surface area contributed by atoms with Crippen LogP contribution in [-0.2, 0) is 24.0 Å². The molecule has 10 N–H and O–H groups in total. The highest BCUT2D eigenvalue weighted by atomic mass is 16.4. The second kappa shape index (κ2) is 11.8. The second-order valence-corrected chi connectivity index (χ2v) is 6.15. The van der Waals surface area contributed by atoms with E-state index in [0.29, 0.717) is 0 Å². The Morgan fingerprint density at radius 3 is 1.96 bits per heavy atom. The van der Waals surface area contributed by atoms with Crippen molar-refractivity contribution in [2.75, 3.05) is 6.61 Å². The Bertz CT molecular complexity index is 597. The number of primary amides is 1. The lowest BCUT2D eigenvalue weighted by Gasteiger charge is -2.25. The SMILES string of the molecule is CC(NC(=O)C(CCC(N)=O)NC(=O)C(NC(=O)C(N)CO)C(C)O)C(=O)O. The van der Waals surface area contributed by atoms with E-state index >= 15 is 0 Å². The van der Waals surface area contributed by atoms with Crippen molar-refractivity contribution in [3.8, 4) is 0 Å². The molecule has 13 heteroatoms. The Hall–Kier alpha value is -2.77. The van der Waals surface area contributed by atoms with Crippen molar-refractivity contribution in [2.45, 2.75) is 57.0 Å². The van der Waals surface area contributed by atoms with E-state index in [4.69, 9.17) is 21.7 Å². The van der Waals surface area contributed by atoms with Crippen molar-refractivity contribution in [3.63, 3.8) is 0 Å². The fourth-order valence-electron chi connectivity index (χ4n) is 1.94. The van der Waals surface area contributed by atoms with Gasteiger partial charge in [-0.15, -0.1) is 0 Å². The van der Waals surface area contributed by atoms with Gasteiger partial charge in [-0.05, 0) is 20.3 Å². The predicted molar refractivity (Wildman–Crippen MR) is 94.3 cm³/mol. The Morgan fingerprint density at radius 1 is 0.964 bits per heavy atom. The zero-order valence-corrected chi connectivity index (χ0v) is 15.5. The summed E-state index contributed by atoms with van der Waals surface area (Å²) in [4.78, 5) is 58.3. The number of hydrogen-bond donors (Lipinski definition) is 8. The molecule has 13 nitrogen and oxygen atoms in total. The van der Waals surface area contributed by atoms with Crippen LogP contribution < -0.4 is 27.4 Å². The standard InChI is InChI=1S/C15H27N5O8/c1-6(15(27)28)18-13(25)9(3-4-10(17)23)19-14(26)11(7(2)22)20-12(24)8(16)5-21/h6-9,11,21-22H,3-5,16H2,1-2H3,(H2,17,23)(H,18,25)(H,19,26)(H,20,24)(H,27,28). The predicted octanol–water partition coefficient (Wildman–Crippen LogP) is -4.49. The van der Waals surface area contributed by atoms with E-state index in [2.05, 4.69) is 16.0 Å². The van der Waals surface area contributed by atoms with Crippen molar-refractivity contribution in [3.05, 3.63) is 0 Å². The molecule has 28 heavy (non-hydrogen) atoms. The van der Waals surface area contributed by atoms with E-state index in [0.717, 1.165) is 0 Å². The van der Waals surface area contributed by atoms with Crippen LogP contribution in [0.2, 0.25) is 0 Å². The number of aliphatic hydroxyl groups excluding tert-OH is 2. The van der Waals surface area contributed by atoms with Crippen LogP contribution in [0, 0.1) is 0 Å². The molecule has 5 unspecified atom stereocenters. The number of aliphatic hydroxyl groups is 2. The first-order valence-electron chi connectivity index (χ1n) is 8.37. The normalized spacial score (nSPS) is 16.0. The molecule has 0 rings (SSSR count). The summed E-state index contributed by atoms with van der Waals surface area (Å²) in [5, 5.41) is 34.0. The highest BCUT2D eigenvalue weighted by Gasteiger charge is 2.31. The Balaban J connectivity index is 5.29. The number of nitrogens with one attached hydrogen (secondary N) is 3. The maximum Gasteiger partial charge on any atom is 0.325 e. The van der Waals surface area contributed by atoms with Crippen molar-refractivity contribution in [2.24, 2.45) is 11.5 Å². The van der Waals surface area contributed by atoms with Gasteiger partial charge in [-0.1, -0.05) is 0 Å². The summed E-state index contributed by atoms with van der Waals surface area (Å²) in [7, 11) is 0. The largest absolute Gasteiger partial charge is 0.480 e. The number of rotatable bonds is 12. The van der Waals surface area contributed by atoms with Gasteiger partial charge in [0.2, 0.25) is 23.6 Å². The molecule has 0 aromatic carbocycles. The Kier molecular flexibility index (Phi) is 10.7. The monoisotopic (exact) mass is 405 g/mol. The molecule has 0 radical (unpaired) electrons. The molecule has 0 heterocycles. The summed E-state index contributed by atoms with van der Waals surface area (Å²) < 4.78 is 0. The number of amides is 4. The van der Waals surface area contributed by atoms with Gasteiger partial charge in [0.25, 0.3) is 0 Å². The van der Waals surface area contributed by atoms with Crippen LogP contribution in [0.25, 0.3) is 0 Å². The molecular formula is C15H27N5O8. The van der Waals surface area contributed by atoms with E-state index in [1.54, 1.807) is 0 Å². The molecule has 0 fully saturated rings. The van der Waals surface area contributed by atoms with E-state index in [1.165, 1.54) is 13.8 Å². The van der Waals surface area contributed by atoms with Gasteiger partial charge in [0, 0.05) is 6.42 Å². The van der Waals surface area contributed by atoms with Crippen LogP contribution in [0.1, 0.15) is 26.7 Å². The van der Waals surface area contributed by atoms with Crippen molar-refractivity contribution in [1.29, 1.82) is 0 Å². The van der Waals surface area contributed by atoms with Crippen molar-refractivity contribution < 1.29 is 39.3 Å². The Labute approximate surface area is 160 Å². The average molecular weight is 405 g/mol. The van der Waals surface area contributed by atoms with Crippen LogP contribution in [-0.4, -0.2) is 81.8 Å². The molecule has 0 aliphatic carbocycles. The molecule has 0 aliphatic heterocycles. The zero-order chi connectivity index (χ0) is 22.0. The van der Waals surface area contributed by atoms with Crippen LogP contribution >= 0.6 is 0 Å². The maximum absolute atomic E-state index is 12.4. The Morgan fingerprint density at radius 2 is 1.54 bits per heavy atom. The first-order chi connectivity index (χ1) is 12.9. The summed E-state index contributed by atoms with van der Waals surface area (Å²) in [6.07, 6.45) is -1.93. The molecule has 5 atom stereocenters. The fraction of sp³-hybridized carbons (Fsp3) is 0.667. The molecule has 0 aliphatic rings. The quantitative estimate of drug-likeness (QED) is 0.156. The third kappa shape index (κ3) is 8.75. The second-order valence-electron chi connectivity index (χ2n) is 6.15. The minimum Gasteiger partial charge on any atom is -0.480 e. The van der Waals surface area contributed by atoms with Crippen LogP contribution in [0.5, 0.6) is 0 Å². The number of carboxylic acids is 1. The number of nitrogens with two attached hydrogens (primary N) is 2. The molecule has 0 saturated heterocycles. The average Bonchev–Trinajstić information content (AvgIpc) is 2.60. The van der Waals surface area contributed by atoms with E-state index < -0.39 is 66.5 Å². The summed E-state index contributed by atoms with van der Waals surface area (Å²) in [6.45, 7) is 1.69. The number of carboxylic acid groups (broad SMARTS) is 1. The number of aliphatic carboxylic acids is 1. The summed E-state index contributed by atoms with van der Waals surface area (Å²) in [6, 6.07) is -5.48. The third-order valence-corrected chi connectivity index (χ3v) is 3.64. The van der Waals surface area contributed by atoms with E-state index in [1.807, 2.05) is 0 Å². The number of carbonyl (C=O) groups is 5. The number of carbonyl (C=O) groups excluding carboxylic acids is 4. The third-order valence-electron chi connectivity index (χ3n) is 3.64. The minimum absolute atomic E-state index is 0.240. The topological polar surface area (TPSA) is 234 Å². The molecule has 0 aromatic heterocycles. The van der Waals surface area contributed by atoms with Gasteiger partial charge in [0.15, 0.2) is 0 Å². The lowest BCUT2D eigenvalue weighted by atomic mass is 10.1. The zero-order valence-electron chi connectivity index (χ0n) is 15.5. The van der Waals surface area contributed by atoms with E-state index in [9.17, 15) is 29.1 Å². The van der Waals surface area contributed by atoms with Gasteiger partial charge < -0.3 is 42.7 Å². The van der Waals surface area contributed by atoms with E-state index in [-0.39, 0.29) is 12.8 Å². The lowest BCUT2D eigenvalue weighted by Crippen LogP contribution is -2.60. The van der Waals surface area contributed by atoms with Crippen LogP contribution in [0.4, 0.5) is 0 Å². The first-order valence-corrected chi connectivity index (χ1v) is 8.37.